The van der Waals surface area contributed by atoms with E-state index in [1.807, 2.05) is 0 Å². The Hall–Kier alpha value is -2.32. The molecule has 0 aliphatic heterocycles. The lowest BCUT2D eigenvalue weighted by molar-refractivity contribution is -0.119. The summed E-state index contributed by atoms with van der Waals surface area (Å²) in [6.45, 7) is -0.182. The molecule has 2 aromatic rings. The molecule has 0 atom stereocenters. The first kappa shape index (κ1) is 19.0. The fraction of sp³-hybridized carbons (Fsp3) is 0.176. The van der Waals surface area contributed by atoms with Gasteiger partial charge in [-0.2, -0.15) is 0 Å². The van der Waals surface area contributed by atoms with E-state index >= 15 is 0 Å². The zero-order valence-electron chi connectivity index (χ0n) is 13.4. The van der Waals surface area contributed by atoms with E-state index in [0.29, 0.717) is 10.2 Å². The molecule has 2 N–H and O–H groups in total. The number of carbonyl (C=O) groups excluding carboxylic acids is 2. The van der Waals surface area contributed by atoms with E-state index in [4.69, 9.17) is 0 Å². The van der Waals surface area contributed by atoms with E-state index in [9.17, 15) is 18.4 Å². The first-order valence-corrected chi connectivity index (χ1v) is 8.11. The van der Waals surface area contributed by atoms with Gasteiger partial charge in [0, 0.05) is 10.2 Å². The van der Waals surface area contributed by atoms with Crippen LogP contribution in [-0.4, -0.2) is 36.9 Å². The number of nitrogens with zero attached hydrogens (tertiary/aromatic N) is 1. The molecule has 25 heavy (non-hydrogen) atoms. The zero-order chi connectivity index (χ0) is 18.4. The molecule has 0 saturated carbocycles. The zero-order valence-corrected chi connectivity index (χ0v) is 14.9. The molecule has 0 radical (unpaired) electrons. The summed E-state index contributed by atoms with van der Waals surface area (Å²) in [6, 6.07) is 9.79. The maximum atomic E-state index is 13.7. The Kier molecular flexibility index (Phi) is 6.60. The maximum absolute atomic E-state index is 13.7. The highest BCUT2D eigenvalue weighted by Gasteiger charge is 2.13. The SMILES string of the molecule is CN(CC(=O)Nc1cccc(F)c1)CC(=O)Nc1ccc(Br)cc1F. The fourth-order valence-electron chi connectivity index (χ4n) is 2.09. The van der Waals surface area contributed by atoms with Gasteiger partial charge < -0.3 is 10.6 Å². The molecular weight excluding hydrogens is 396 g/mol. The lowest BCUT2D eigenvalue weighted by Crippen LogP contribution is -2.36. The number of anilines is 2. The van der Waals surface area contributed by atoms with Gasteiger partial charge in [-0.25, -0.2) is 8.78 Å². The highest BCUT2D eigenvalue weighted by Crippen LogP contribution is 2.19. The Labute approximate surface area is 152 Å². The van der Waals surface area contributed by atoms with Gasteiger partial charge in [-0.1, -0.05) is 22.0 Å². The molecule has 2 amide bonds. The van der Waals surface area contributed by atoms with Crippen molar-refractivity contribution in [1.29, 1.82) is 0 Å². The largest absolute Gasteiger partial charge is 0.325 e. The average molecular weight is 412 g/mol. The van der Waals surface area contributed by atoms with E-state index in [2.05, 4.69) is 26.6 Å². The fourth-order valence-corrected chi connectivity index (χ4v) is 2.43. The summed E-state index contributed by atoms with van der Waals surface area (Å²) in [4.78, 5) is 25.3. The Morgan fingerprint density at radius 1 is 1.04 bits per heavy atom. The summed E-state index contributed by atoms with van der Waals surface area (Å²) in [5, 5.41) is 4.98. The van der Waals surface area contributed by atoms with E-state index < -0.39 is 23.4 Å². The van der Waals surface area contributed by atoms with E-state index in [0.717, 1.165) is 0 Å². The number of likely N-dealkylation sites (N-methyl/N-ethyl adjacent to an activating group) is 1. The molecular formula is C17H16BrF2N3O2. The lowest BCUT2D eigenvalue weighted by atomic mass is 10.3. The van der Waals surface area contributed by atoms with Gasteiger partial charge in [0.15, 0.2) is 0 Å². The minimum absolute atomic E-state index is 0.0609. The summed E-state index contributed by atoms with van der Waals surface area (Å²) in [5.74, 6) is -1.87. The topological polar surface area (TPSA) is 61.4 Å². The number of rotatable bonds is 6. The first-order chi connectivity index (χ1) is 11.8. The third kappa shape index (κ3) is 6.24. The van der Waals surface area contributed by atoms with Crippen LogP contribution in [0.2, 0.25) is 0 Å². The lowest BCUT2D eigenvalue weighted by Gasteiger charge is -2.16. The monoisotopic (exact) mass is 411 g/mol. The normalized spacial score (nSPS) is 10.6. The second kappa shape index (κ2) is 8.68. The number of benzene rings is 2. The Bertz CT molecular complexity index is 786. The summed E-state index contributed by atoms with van der Waals surface area (Å²) < 4.78 is 27.3. The quantitative estimate of drug-likeness (QED) is 0.766. The molecule has 2 rings (SSSR count). The van der Waals surface area contributed by atoms with Gasteiger partial charge in [0.1, 0.15) is 11.6 Å². The van der Waals surface area contributed by atoms with Crippen LogP contribution in [0.4, 0.5) is 20.2 Å². The van der Waals surface area contributed by atoms with E-state index in [-0.39, 0.29) is 18.8 Å². The van der Waals surface area contributed by atoms with Crippen LogP contribution < -0.4 is 10.6 Å². The van der Waals surface area contributed by atoms with Crippen LogP contribution >= 0.6 is 15.9 Å². The van der Waals surface area contributed by atoms with E-state index in [1.54, 1.807) is 19.2 Å². The highest BCUT2D eigenvalue weighted by molar-refractivity contribution is 9.10. The molecule has 0 saturated heterocycles. The van der Waals surface area contributed by atoms with Gasteiger partial charge in [0.05, 0.1) is 18.8 Å². The summed E-state index contributed by atoms with van der Waals surface area (Å²) in [7, 11) is 1.57. The minimum atomic E-state index is -0.561. The second-order valence-electron chi connectivity index (χ2n) is 5.40. The van der Waals surface area contributed by atoms with Crippen molar-refractivity contribution < 1.29 is 18.4 Å². The molecule has 8 heteroatoms. The number of amides is 2. The molecule has 0 aromatic heterocycles. The van der Waals surface area contributed by atoms with Crippen molar-refractivity contribution in [3.05, 3.63) is 58.6 Å². The van der Waals surface area contributed by atoms with Crippen molar-refractivity contribution in [2.24, 2.45) is 0 Å². The van der Waals surface area contributed by atoms with Crippen molar-refractivity contribution in [3.63, 3.8) is 0 Å². The molecule has 0 bridgehead atoms. The third-order valence-corrected chi connectivity index (χ3v) is 3.63. The molecule has 0 spiro atoms. The van der Waals surface area contributed by atoms with Crippen LogP contribution in [0, 0.1) is 11.6 Å². The molecule has 132 valence electrons. The van der Waals surface area contributed by atoms with Gasteiger partial charge >= 0.3 is 0 Å². The molecule has 0 unspecified atom stereocenters. The van der Waals surface area contributed by atoms with Crippen LogP contribution in [0.3, 0.4) is 0 Å². The smallest absolute Gasteiger partial charge is 0.238 e. The van der Waals surface area contributed by atoms with Crippen molar-refractivity contribution in [1.82, 2.24) is 4.90 Å². The van der Waals surface area contributed by atoms with E-state index in [1.165, 1.54) is 35.2 Å². The van der Waals surface area contributed by atoms with Gasteiger partial charge in [0.2, 0.25) is 11.8 Å². The molecule has 2 aromatic carbocycles. The van der Waals surface area contributed by atoms with Crippen molar-refractivity contribution >= 4 is 39.1 Å². The molecule has 5 nitrogen and oxygen atoms in total. The summed E-state index contributed by atoms with van der Waals surface area (Å²) in [5.41, 5.74) is 0.394. The van der Waals surface area contributed by atoms with Crippen LogP contribution in [0.15, 0.2) is 46.9 Å². The Morgan fingerprint density at radius 2 is 1.72 bits per heavy atom. The number of halogens is 3. The predicted octanol–water partition coefficient (Wildman–Crippen LogP) is 3.24. The van der Waals surface area contributed by atoms with Gasteiger partial charge in [-0.15, -0.1) is 0 Å². The number of nitrogens with one attached hydrogen (secondary N) is 2. The molecule has 0 heterocycles. The van der Waals surface area contributed by atoms with Crippen LogP contribution in [0.5, 0.6) is 0 Å². The predicted molar refractivity (Wildman–Crippen MR) is 95.3 cm³/mol. The molecule has 0 aliphatic rings. The van der Waals surface area contributed by atoms with Gasteiger partial charge in [0.25, 0.3) is 0 Å². The number of carbonyl (C=O) groups is 2. The highest BCUT2D eigenvalue weighted by atomic mass is 79.9. The average Bonchev–Trinajstić information content (AvgIpc) is 2.49. The first-order valence-electron chi connectivity index (χ1n) is 7.32. The van der Waals surface area contributed by atoms with Crippen molar-refractivity contribution in [3.8, 4) is 0 Å². The van der Waals surface area contributed by atoms with Gasteiger partial charge in [-0.05, 0) is 43.4 Å². The molecule has 0 aliphatic carbocycles. The summed E-state index contributed by atoms with van der Waals surface area (Å²) >= 11 is 3.13. The Balaban J connectivity index is 1.83. The Morgan fingerprint density at radius 3 is 2.36 bits per heavy atom. The van der Waals surface area contributed by atoms with Crippen LogP contribution in [0.1, 0.15) is 0 Å². The summed E-state index contributed by atoms with van der Waals surface area (Å²) in [6.07, 6.45) is 0. The maximum Gasteiger partial charge on any atom is 0.238 e. The van der Waals surface area contributed by atoms with Crippen LogP contribution in [-0.2, 0) is 9.59 Å². The number of hydrogen-bond donors (Lipinski definition) is 2. The van der Waals surface area contributed by atoms with Crippen molar-refractivity contribution in [2.45, 2.75) is 0 Å². The second-order valence-corrected chi connectivity index (χ2v) is 6.32. The third-order valence-electron chi connectivity index (χ3n) is 3.14. The standard InChI is InChI=1S/C17H16BrF2N3O2/c1-23(9-16(24)21-13-4-2-3-12(19)8-13)10-17(25)22-15-6-5-11(18)7-14(15)20/h2-8H,9-10H2,1H3,(H,21,24)(H,22,25). The van der Waals surface area contributed by atoms with Gasteiger partial charge in [-0.3, -0.25) is 14.5 Å². The number of hydrogen-bond acceptors (Lipinski definition) is 3. The van der Waals surface area contributed by atoms with Crippen LogP contribution in [0.25, 0.3) is 0 Å². The molecule has 0 fully saturated rings. The van der Waals surface area contributed by atoms with Crippen molar-refractivity contribution in [2.75, 3.05) is 30.8 Å². The minimum Gasteiger partial charge on any atom is -0.325 e.